The first-order chi connectivity index (χ1) is 6.79. The van der Waals surface area contributed by atoms with Gasteiger partial charge in [0, 0.05) is 19.6 Å². The Labute approximate surface area is 99.9 Å². The van der Waals surface area contributed by atoms with Gasteiger partial charge in [-0.2, -0.15) is 0 Å². The molecule has 0 radical (unpaired) electrons. The molecule has 0 aromatic carbocycles. The zero-order valence-electron chi connectivity index (χ0n) is 8.60. The van der Waals surface area contributed by atoms with E-state index in [0.717, 1.165) is 24.4 Å². The summed E-state index contributed by atoms with van der Waals surface area (Å²) in [5.41, 5.74) is 0. The number of rotatable bonds is 2. The smallest absolute Gasteiger partial charge is 0.263 e. The summed E-state index contributed by atoms with van der Waals surface area (Å²) in [5.74, 6) is 0.147. The van der Waals surface area contributed by atoms with Gasteiger partial charge >= 0.3 is 0 Å². The molecule has 0 spiro atoms. The lowest BCUT2D eigenvalue weighted by molar-refractivity contribution is 0.0748. The molecule has 1 saturated heterocycles. The largest absolute Gasteiger partial charge is 0.337 e. The summed E-state index contributed by atoms with van der Waals surface area (Å²) in [6, 6.07) is 4.16. The summed E-state index contributed by atoms with van der Waals surface area (Å²) in [4.78, 5) is 14.6. The van der Waals surface area contributed by atoms with Gasteiger partial charge in [0.05, 0.1) is 4.88 Å². The Morgan fingerprint density at radius 1 is 1.67 bits per heavy atom. The minimum Gasteiger partial charge on any atom is -0.337 e. The van der Waals surface area contributed by atoms with Gasteiger partial charge in [0.15, 0.2) is 0 Å². The van der Waals surface area contributed by atoms with E-state index < -0.39 is 0 Å². The van der Waals surface area contributed by atoms with Gasteiger partial charge in [-0.15, -0.1) is 23.7 Å². The van der Waals surface area contributed by atoms with Crippen LogP contribution in [0.5, 0.6) is 0 Å². The highest BCUT2D eigenvalue weighted by atomic mass is 35.5. The second-order valence-electron chi connectivity index (χ2n) is 3.54. The second kappa shape index (κ2) is 5.49. The Bertz CT molecular complexity index is 309. The lowest BCUT2D eigenvalue weighted by atomic mass is 10.2. The van der Waals surface area contributed by atoms with Crippen LogP contribution >= 0.6 is 23.7 Å². The number of carbonyl (C=O) groups excluding carboxylic acids is 1. The molecule has 3 nitrogen and oxygen atoms in total. The monoisotopic (exact) mass is 246 g/mol. The molecule has 5 heteroatoms. The molecule has 1 N–H and O–H groups in total. The third kappa shape index (κ3) is 2.71. The van der Waals surface area contributed by atoms with Gasteiger partial charge in [0.2, 0.25) is 0 Å². The van der Waals surface area contributed by atoms with Crippen molar-refractivity contribution in [3.05, 3.63) is 22.4 Å². The zero-order valence-corrected chi connectivity index (χ0v) is 10.2. The van der Waals surface area contributed by atoms with E-state index in [2.05, 4.69) is 5.32 Å². The summed E-state index contributed by atoms with van der Waals surface area (Å²) in [7, 11) is 1.89. The minimum absolute atomic E-state index is 0. The molecule has 1 aromatic rings. The van der Waals surface area contributed by atoms with Gasteiger partial charge in [0.1, 0.15) is 0 Å². The van der Waals surface area contributed by atoms with Crippen LogP contribution in [0, 0.1) is 0 Å². The van der Waals surface area contributed by atoms with Crippen molar-refractivity contribution in [2.75, 3.05) is 20.1 Å². The summed E-state index contributed by atoms with van der Waals surface area (Å²) in [5, 5.41) is 5.20. The quantitative estimate of drug-likeness (QED) is 0.860. The number of thiophene rings is 1. The fraction of sp³-hybridized carbons (Fsp3) is 0.500. The van der Waals surface area contributed by atoms with Gasteiger partial charge in [-0.1, -0.05) is 6.07 Å². The van der Waals surface area contributed by atoms with E-state index in [1.807, 2.05) is 29.5 Å². The van der Waals surface area contributed by atoms with Crippen molar-refractivity contribution >= 4 is 29.7 Å². The molecule has 0 saturated carbocycles. The molecule has 0 unspecified atom stereocenters. The standard InChI is InChI=1S/C10H14N2OS.ClH/c1-12(8-4-5-11-7-8)10(13)9-3-2-6-14-9;/h2-3,6,8,11H,4-5,7H2,1H3;1H/t8-;/m0./s1. The van der Waals surface area contributed by atoms with Gasteiger partial charge < -0.3 is 10.2 Å². The Morgan fingerprint density at radius 3 is 3.00 bits per heavy atom. The number of hydrogen-bond donors (Lipinski definition) is 1. The number of nitrogens with zero attached hydrogens (tertiary/aromatic N) is 1. The first-order valence-electron chi connectivity index (χ1n) is 4.80. The molecule has 1 atom stereocenters. The molecule has 1 aromatic heterocycles. The van der Waals surface area contributed by atoms with E-state index in [0.29, 0.717) is 6.04 Å². The van der Waals surface area contributed by atoms with Crippen molar-refractivity contribution in [2.45, 2.75) is 12.5 Å². The SMILES string of the molecule is CN(C(=O)c1cccs1)[C@H]1CCNC1.Cl. The minimum atomic E-state index is 0. The van der Waals surface area contributed by atoms with Crippen LogP contribution in [-0.2, 0) is 0 Å². The van der Waals surface area contributed by atoms with E-state index >= 15 is 0 Å². The van der Waals surface area contributed by atoms with Gasteiger partial charge in [-0.05, 0) is 24.4 Å². The fourth-order valence-electron chi connectivity index (χ4n) is 1.71. The molecule has 2 heterocycles. The van der Waals surface area contributed by atoms with Crippen LogP contribution in [0.4, 0.5) is 0 Å². The maximum absolute atomic E-state index is 11.9. The predicted molar refractivity (Wildman–Crippen MR) is 64.9 cm³/mol. The van der Waals surface area contributed by atoms with E-state index in [1.165, 1.54) is 11.3 Å². The molecule has 1 aliphatic rings. The Morgan fingerprint density at radius 2 is 2.47 bits per heavy atom. The lowest BCUT2D eigenvalue weighted by Gasteiger charge is -2.22. The molecule has 1 fully saturated rings. The number of carbonyl (C=O) groups is 1. The van der Waals surface area contributed by atoms with E-state index in [9.17, 15) is 4.79 Å². The number of likely N-dealkylation sites (N-methyl/N-ethyl adjacent to an activating group) is 1. The molecule has 0 aliphatic carbocycles. The van der Waals surface area contributed by atoms with E-state index in [4.69, 9.17) is 0 Å². The average molecular weight is 247 g/mol. The number of amides is 1. The summed E-state index contributed by atoms with van der Waals surface area (Å²) in [6.45, 7) is 1.94. The fourth-order valence-corrected chi connectivity index (χ4v) is 2.42. The van der Waals surface area contributed by atoms with Crippen molar-refractivity contribution in [1.29, 1.82) is 0 Å². The molecular formula is C10H15ClN2OS. The number of halogens is 1. The van der Waals surface area contributed by atoms with Crippen LogP contribution < -0.4 is 5.32 Å². The van der Waals surface area contributed by atoms with Crippen LogP contribution in [0.3, 0.4) is 0 Å². The molecule has 0 bridgehead atoms. The van der Waals surface area contributed by atoms with Gasteiger partial charge in [-0.3, -0.25) is 4.79 Å². The lowest BCUT2D eigenvalue weighted by Crippen LogP contribution is -2.37. The normalized spacial score (nSPS) is 19.7. The predicted octanol–water partition coefficient (Wildman–Crippen LogP) is 1.60. The van der Waals surface area contributed by atoms with Crippen LogP contribution in [-0.4, -0.2) is 37.0 Å². The van der Waals surface area contributed by atoms with Crippen LogP contribution in [0.2, 0.25) is 0 Å². The Hall–Kier alpha value is -0.580. The van der Waals surface area contributed by atoms with Gasteiger partial charge in [0.25, 0.3) is 5.91 Å². The maximum atomic E-state index is 11.9. The third-order valence-corrected chi connectivity index (χ3v) is 3.49. The van der Waals surface area contributed by atoms with E-state index in [1.54, 1.807) is 0 Å². The summed E-state index contributed by atoms with van der Waals surface area (Å²) in [6.07, 6.45) is 1.06. The second-order valence-corrected chi connectivity index (χ2v) is 4.49. The average Bonchev–Trinajstić information content (AvgIpc) is 2.87. The summed E-state index contributed by atoms with van der Waals surface area (Å²) < 4.78 is 0. The van der Waals surface area contributed by atoms with Crippen molar-refractivity contribution in [3.8, 4) is 0 Å². The van der Waals surface area contributed by atoms with E-state index in [-0.39, 0.29) is 18.3 Å². The van der Waals surface area contributed by atoms with Crippen molar-refractivity contribution in [2.24, 2.45) is 0 Å². The van der Waals surface area contributed by atoms with Crippen LogP contribution in [0.1, 0.15) is 16.1 Å². The first kappa shape index (κ1) is 12.5. The topological polar surface area (TPSA) is 32.3 Å². The highest BCUT2D eigenvalue weighted by Gasteiger charge is 2.24. The Kier molecular flexibility index (Phi) is 4.57. The molecule has 15 heavy (non-hydrogen) atoms. The van der Waals surface area contributed by atoms with Crippen molar-refractivity contribution < 1.29 is 4.79 Å². The Balaban J connectivity index is 0.00000112. The zero-order chi connectivity index (χ0) is 9.97. The highest BCUT2D eigenvalue weighted by Crippen LogP contribution is 2.15. The van der Waals surface area contributed by atoms with Crippen molar-refractivity contribution in [3.63, 3.8) is 0 Å². The highest BCUT2D eigenvalue weighted by molar-refractivity contribution is 7.12. The third-order valence-electron chi connectivity index (χ3n) is 2.63. The van der Waals surface area contributed by atoms with Crippen LogP contribution in [0.15, 0.2) is 17.5 Å². The molecular weight excluding hydrogens is 232 g/mol. The summed E-state index contributed by atoms with van der Waals surface area (Å²) >= 11 is 1.51. The molecule has 2 rings (SSSR count). The molecule has 1 amide bonds. The maximum Gasteiger partial charge on any atom is 0.263 e. The van der Waals surface area contributed by atoms with Crippen LogP contribution in [0.25, 0.3) is 0 Å². The first-order valence-corrected chi connectivity index (χ1v) is 5.68. The van der Waals surface area contributed by atoms with Crippen molar-refractivity contribution in [1.82, 2.24) is 10.2 Å². The number of hydrogen-bond acceptors (Lipinski definition) is 3. The molecule has 84 valence electrons. The number of nitrogens with one attached hydrogen (secondary N) is 1. The molecule has 1 aliphatic heterocycles. The van der Waals surface area contributed by atoms with Gasteiger partial charge in [-0.25, -0.2) is 0 Å².